The molecule has 1 unspecified atom stereocenters. The van der Waals surface area contributed by atoms with Gasteiger partial charge in [-0.15, -0.1) is 11.6 Å². The maximum absolute atomic E-state index is 12.8. The molecule has 0 saturated heterocycles. The molecule has 0 radical (unpaired) electrons. The third kappa shape index (κ3) is 2.93. The topological polar surface area (TPSA) is 29.1 Å². The van der Waals surface area contributed by atoms with Gasteiger partial charge in [0.2, 0.25) is 5.91 Å². The molecular formula is C11H13ClFNO. The number of alkyl halides is 1. The summed E-state index contributed by atoms with van der Waals surface area (Å²) in [6.45, 7) is 4.08. The average Bonchev–Trinajstić information content (AvgIpc) is 2.17. The molecule has 82 valence electrons. The second-order valence-corrected chi connectivity index (χ2v) is 3.69. The monoisotopic (exact) mass is 229 g/mol. The number of likely N-dealkylation sites (N-methyl/N-ethyl adjacent to an activating group) is 1. The van der Waals surface area contributed by atoms with Crippen LogP contribution in [0.5, 0.6) is 0 Å². The normalized spacial score (nSPS) is 12.3. The number of rotatable bonds is 3. The highest BCUT2D eigenvalue weighted by Gasteiger charge is 2.18. The van der Waals surface area contributed by atoms with Crippen molar-refractivity contribution in [2.24, 2.45) is 0 Å². The second-order valence-electron chi connectivity index (χ2n) is 3.26. The Hall–Kier alpha value is -1.09. The van der Waals surface area contributed by atoms with Crippen LogP contribution < -0.4 is 5.32 Å². The molecule has 0 spiro atoms. The van der Waals surface area contributed by atoms with E-state index in [2.05, 4.69) is 5.32 Å². The van der Waals surface area contributed by atoms with Crippen LogP contribution in [0.25, 0.3) is 0 Å². The summed E-state index contributed by atoms with van der Waals surface area (Å²) in [5.41, 5.74) is 1.32. The number of nitrogens with one attached hydrogen (secondary N) is 1. The van der Waals surface area contributed by atoms with Crippen LogP contribution >= 0.6 is 11.6 Å². The van der Waals surface area contributed by atoms with Gasteiger partial charge in [-0.3, -0.25) is 4.79 Å². The van der Waals surface area contributed by atoms with Crippen LogP contribution in [0.15, 0.2) is 18.2 Å². The Labute approximate surface area is 93.4 Å². The van der Waals surface area contributed by atoms with Crippen LogP contribution in [0.3, 0.4) is 0 Å². The molecule has 0 bridgehead atoms. The van der Waals surface area contributed by atoms with Crippen LogP contribution in [-0.4, -0.2) is 12.5 Å². The molecule has 0 aromatic heterocycles. The molecule has 1 N–H and O–H groups in total. The van der Waals surface area contributed by atoms with E-state index in [1.807, 2.05) is 6.92 Å². The van der Waals surface area contributed by atoms with Gasteiger partial charge in [-0.1, -0.05) is 6.07 Å². The molecule has 1 atom stereocenters. The number of hydrogen-bond acceptors (Lipinski definition) is 1. The first-order valence-electron chi connectivity index (χ1n) is 4.74. The number of aryl methyl sites for hydroxylation is 1. The number of benzene rings is 1. The number of halogens is 2. The molecule has 4 heteroatoms. The van der Waals surface area contributed by atoms with Gasteiger partial charge in [0.25, 0.3) is 0 Å². The van der Waals surface area contributed by atoms with Crippen molar-refractivity contribution in [3.05, 3.63) is 35.1 Å². The zero-order chi connectivity index (χ0) is 11.4. The minimum absolute atomic E-state index is 0.256. The van der Waals surface area contributed by atoms with Crippen molar-refractivity contribution in [3.8, 4) is 0 Å². The third-order valence-corrected chi connectivity index (χ3v) is 2.52. The molecule has 2 nitrogen and oxygen atoms in total. The summed E-state index contributed by atoms with van der Waals surface area (Å²) in [6, 6.07) is 4.21. The first kappa shape index (κ1) is 12.0. The third-order valence-electron chi connectivity index (χ3n) is 2.09. The molecule has 1 aromatic carbocycles. The summed E-state index contributed by atoms with van der Waals surface area (Å²) in [4.78, 5) is 11.4. The molecule has 1 aromatic rings. The van der Waals surface area contributed by atoms with Crippen LogP contribution in [0.4, 0.5) is 4.39 Å². The van der Waals surface area contributed by atoms with Crippen LogP contribution in [-0.2, 0) is 4.79 Å². The van der Waals surface area contributed by atoms with Gasteiger partial charge in [0.05, 0.1) is 0 Å². The fourth-order valence-electron chi connectivity index (χ4n) is 1.33. The first-order valence-corrected chi connectivity index (χ1v) is 5.17. The largest absolute Gasteiger partial charge is 0.355 e. The van der Waals surface area contributed by atoms with Gasteiger partial charge in [-0.2, -0.15) is 0 Å². The van der Waals surface area contributed by atoms with E-state index in [-0.39, 0.29) is 11.7 Å². The molecule has 1 amide bonds. The molecule has 0 saturated carbocycles. The van der Waals surface area contributed by atoms with Crippen molar-refractivity contribution in [2.75, 3.05) is 6.54 Å². The Bertz CT molecular complexity index is 368. The number of hydrogen-bond donors (Lipinski definition) is 1. The van der Waals surface area contributed by atoms with E-state index >= 15 is 0 Å². The van der Waals surface area contributed by atoms with E-state index in [1.54, 1.807) is 6.92 Å². The maximum atomic E-state index is 12.8. The molecular weight excluding hydrogens is 217 g/mol. The van der Waals surface area contributed by atoms with E-state index in [9.17, 15) is 9.18 Å². The summed E-state index contributed by atoms with van der Waals surface area (Å²) >= 11 is 5.96. The zero-order valence-corrected chi connectivity index (χ0v) is 9.44. The molecule has 1 rings (SSSR count). The standard InChI is InChI=1S/C11H13ClFNO/c1-3-14-11(15)10(12)9-5-4-8(13)6-7(9)2/h4-6,10H,3H2,1-2H3,(H,14,15). The second kappa shape index (κ2) is 5.12. The number of carbonyl (C=O) groups excluding carboxylic acids is 1. The van der Waals surface area contributed by atoms with Crippen molar-refractivity contribution >= 4 is 17.5 Å². The Kier molecular flexibility index (Phi) is 4.09. The lowest BCUT2D eigenvalue weighted by Crippen LogP contribution is -2.26. The average molecular weight is 230 g/mol. The number of carbonyl (C=O) groups is 1. The van der Waals surface area contributed by atoms with E-state index in [0.29, 0.717) is 17.7 Å². The summed E-state index contributed by atoms with van der Waals surface area (Å²) in [5.74, 6) is -0.579. The van der Waals surface area contributed by atoms with Crippen LogP contribution in [0, 0.1) is 12.7 Å². The van der Waals surface area contributed by atoms with E-state index in [0.717, 1.165) is 0 Å². The van der Waals surface area contributed by atoms with Crippen molar-refractivity contribution in [1.29, 1.82) is 0 Å². The Morgan fingerprint density at radius 1 is 1.60 bits per heavy atom. The zero-order valence-electron chi connectivity index (χ0n) is 8.68. The molecule has 0 aliphatic carbocycles. The molecule has 15 heavy (non-hydrogen) atoms. The molecule has 0 fully saturated rings. The SMILES string of the molecule is CCNC(=O)C(Cl)c1ccc(F)cc1C. The fraction of sp³-hybridized carbons (Fsp3) is 0.364. The van der Waals surface area contributed by atoms with Crippen LogP contribution in [0.2, 0.25) is 0 Å². The smallest absolute Gasteiger partial charge is 0.242 e. The van der Waals surface area contributed by atoms with Crippen molar-refractivity contribution in [1.82, 2.24) is 5.32 Å². The first-order chi connectivity index (χ1) is 7.06. The Morgan fingerprint density at radius 2 is 2.27 bits per heavy atom. The highest BCUT2D eigenvalue weighted by atomic mass is 35.5. The van der Waals surface area contributed by atoms with Crippen molar-refractivity contribution in [2.45, 2.75) is 19.2 Å². The highest BCUT2D eigenvalue weighted by molar-refractivity contribution is 6.30. The lowest BCUT2D eigenvalue weighted by molar-refractivity contribution is -0.120. The van der Waals surface area contributed by atoms with E-state index < -0.39 is 5.38 Å². The van der Waals surface area contributed by atoms with Gasteiger partial charge in [-0.05, 0) is 37.1 Å². The summed E-state index contributed by atoms with van der Waals surface area (Å²) < 4.78 is 12.8. The molecule has 0 aliphatic heterocycles. The van der Waals surface area contributed by atoms with Gasteiger partial charge in [0.1, 0.15) is 11.2 Å². The lowest BCUT2D eigenvalue weighted by atomic mass is 10.0. The Morgan fingerprint density at radius 3 is 2.80 bits per heavy atom. The van der Waals surface area contributed by atoms with E-state index in [4.69, 9.17) is 11.6 Å². The van der Waals surface area contributed by atoms with Crippen molar-refractivity contribution < 1.29 is 9.18 Å². The highest BCUT2D eigenvalue weighted by Crippen LogP contribution is 2.24. The molecule has 0 aliphatic rings. The predicted octanol–water partition coefficient (Wildman–Crippen LogP) is 2.55. The summed E-state index contributed by atoms with van der Waals surface area (Å²) in [5, 5.41) is 1.86. The van der Waals surface area contributed by atoms with Crippen molar-refractivity contribution in [3.63, 3.8) is 0 Å². The lowest BCUT2D eigenvalue weighted by Gasteiger charge is -2.12. The minimum atomic E-state index is -0.759. The van der Waals surface area contributed by atoms with Gasteiger partial charge >= 0.3 is 0 Å². The van der Waals surface area contributed by atoms with Gasteiger partial charge in [0, 0.05) is 6.54 Å². The maximum Gasteiger partial charge on any atom is 0.242 e. The summed E-state index contributed by atoms with van der Waals surface area (Å²) in [6.07, 6.45) is 0. The minimum Gasteiger partial charge on any atom is -0.355 e. The summed E-state index contributed by atoms with van der Waals surface area (Å²) in [7, 11) is 0. The van der Waals surface area contributed by atoms with E-state index in [1.165, 1.54) is 18.2 Å². The molecule has 0 heterocycles. The van der Waals surface area contributed by atoms with Gasteiger partial charge in [0.15, 0.2) is 0 Å². The van der Waals surface area contributed by atoms with Gasteiger partial charge < -0.3 is 5.32 Å². The predicted molar refractivity (Wildman–Crippen MR) is 58.4 cm³/mol. The van der Waals surface area contributed by atoms with Crippen LogP contribution in [0.1, 0.15) is 23.4 Å². The quantitative estimate of drug-likeness (QED) is 0.793. The van der Waals surface area contributed by atoms with Gasteiger partial charge in [-0.25, -0.2) is 4.39 Å². The fourth-order valence-corrected chi connectivity index (χ4v) is 1.65. The Balaban J connectivity index is 2.91. The number of amides is 1.